The molecule has 1 aliphatic rings. The van der Waals surface area contributed by atoms with Gasteiger partial charge in [-0.15, -0.1) is 0 Å². The van der Waals surface area contributed by atoms with E-state index in [2.05, 4.69) is 0 Å². The number of carbonyl (C=O) groups excluding carboxylic acids is 1. The van der Waals surface area contributed by atoms with Gasteiger partial charge in [0.15, 0.2) is 15.6 Å². The summed E-state index contributed by atoms with van der Waals surface area (Å²) in [7, 11) is -3.38. The first-order valence-electron chi connectivity index (χ1n) is 5.59. The van der Waals surface area contributed by atoms with Crippen molar-refractivity contribution >= 4 is 15.6 Å². The third kappa shape index (κ3) is 2.82. The van der Waals surface area contributed by atoms with E-state index in [1.807, 2.05) is 0 Å². The van der Waals surface area contributed by atoms with Crippen LogP contribution in [0.2, 0.25) is 0 Å². The van der Waals surface area contributed by atoms with Crippen LogP contribution in [0.5, 0.6) is 0 Å². The number of carbonyl (C=O) groups is 1. The SMILES string of the molecule is O=C1CCCC=C1CS(=O)(=O)c1ccccc1. The quantitative estimate of drug-likeness (QED) is 0.825. The van der Waals surface area contributed by atoms with Crippen LogP contribution in [0.4, 0.5) is 0 Å². The molecule has 0 radical (unpaired) electrons. The molecule has 0 saturated carbocycles. The Balaban J connectivity index is 2.24. The predicted octanol–water partition coefficient (Wildman–Crippen LogP) is 2.14. The molecule has 1 aliphatic carbocycles. The Morgan fingerprint density at radius 2 is 1.82 bits per heavy atom. The van der Waals surface area contributed by atoms with Crippen molar-refractivity contribution in [1.82, 2.24) is 0 Å². The van der Waals surface area contributed by atoms with E-state index in [1.54, 1.807) is 36.4 Å². The van der Waals surface area contributed by atoms with E-state index in [4.69, 9.17) is 0 Å². The Morgan fingerprint density at radius 3 is 2.47 bits per heavy atom. The van der Waals surface area contributed by atoms with Gasteiger partial charge in [0, 0.05) is 12.0 Å². The highest BCUT2D eigenvalue weighted by molar-refractivity contribution is 7.91. The predicted molar refractivity (Wildman–Crippen MR) is 65.4 cm³/mol. The second-order valence-corrected chi connectivity index (χ2v) is 6.11. The third-order valence-electron chi connectivity index (χ3n) is 2.80. The van der Waals surface area contributed by atoms with Crippen molar-refractivity contribution in [2.75, 3.05) is 5.75 Å². The van der Waals surface area contributed by atoms with Gasteiger partial charge in [-0.05, 0) is 25.0 Å². The van der Waals surface area contributed by atoms with Crippen LogP contribution in [-0.4, -0.2) is 20.0 Å². The molecule has 4 heteroatoms. The van der Waals surface area contributed by atoms with Crippen molar-refractivity contribution in [3.63, 3.8) is 0 Å². The average molecular weight is 250 g/mol. The fourth-order valence-corrected chi connectivity index (χ4v) is 3.30. The summed E-state index contributed by atoms with van der Waals surface area (Å²) in [6, 6.07) is 8.25. The number of allylic oxidation sites excluding steroid dienone is 1. The molecule has 3 nitrogen and oxygen atoms in total. The number of Topliss-reactive ketones (excluding diaryl/α,β-unsaturated/α-hetero) is 1. The lowest BCUT2D eigenvalue weighted by Crippen LogP contribution is -2.17. The summed E-state index contributed by atoms with van der Waals surface area (Å²) in [5, 5.41) is 0. The van der Waals surface area contributed by atoms with Gasteiger partial charge in [0.25, 0.3) is 0 Å². The summed E-state index contributed by atoms with van der Waals surface area (Å²) in [5.41, 5.74) is 0.445. The highest BCUT2D eigenvalue weighted by Gasteiger charge is 2.22. The summed E-state index contributed by atoms with van der Waals surface area (Å²) >= 11 is 0. The molecule has 0 N–H and O–H groups in total. The summed E-state index contributed by atoms with van der Waals surface area (Å²) < 4.78 is 24.1. The molecule has 1 aromatic carbocycles. The van der Waals surface area contributed by atoms with E-state index in [-0.39, 0.29) is 16.4 Å². The standard InChI is InChI=1S/C13H14O3S/c14-13-9-5-4-6-11(13)10-17(15,16)12-7-2-1-3-8-12/h1-3,6-8H,4-5,9-10H2. The first kappa shape index (κ1) is 12.0. The monoisotopic (exact) mass is 250 g/mol. The van der Waals surface area contributed by atoms with Crippen molar-refractivity contribution in [1.29, 1.82) is 0 Å². The Kier molecular flexibility index (Phi) is 3.43. The maximum Gasteiger partial charge on any atom is 0.182 e. The molecule has 0 unspecified atom stereocenters. The van der Waals surface area contributed by atoms with Crippen LogP contribution in [0.3, 0.4) is 0 Å². The number of hydrogen-bond donors (Lipinski definition) is 0. The molecule has 1 aromatic rings. The van der Waals surface area contributed by atoms with Crippen molar-refractivity contribution in [3.8, 4) is 0 Å². The molecule has 0 atom stereocenters. The van der Waals surface area contributed by atoms with E-state index < -0.39 is 9.84 Å². The molecule has 0 spiro atoms. The third-order valence-corrected chi connectivity index (χ3v) is 4.49. The van der Waals surface area contributed by atoms with E-state index >= 15 is 0 Å². The van der Waals surface area contributed by atoms with Gasteiger partial charge in [0.05, 0.1) is 10.6 Å². The largest absolute Gasteiger partial charge is 0.295 e. The van der Waals surface area contributed by atoms with Crippen LogP contribution < -0.4 is 0 Å². The minimum atomic E-state index is -3.38. The molecule has 90 valence electrons. The second kappa shape index (κ2) is 4.84. The molecular weight excluding hydrogens is 236 g/mol. The lowest BCUT2D eigenvalue weighted by Gasteiger charge is -2.11. The summed E-state index contributed by atoms with van der Waals surface area (Å²) in [6.07, 6.45) is 3.85. The zero-order chi connectivity index (χ0) is 12.3. The minimum absolute atomic E-state index is 0.0317. The molecule has 0 heterocycles. The molecule has 0 amide bonds. The molecule has 2 rings (SSSR count). The lowest BCUT2D eigenvalue weighted by atomic mass is 10.00. The normalized spacial score (nSPS) is 16.7. The smallest absolute Gasteiger partial charge is 0.182 e. The maximum absolute atomic E-state index is 12.1. The first-order valence-corrected chi connectivity index (χ1v) is 7.25. The Hall–Kier alpha value is -1.42. The maximum atomic E-state index is 12.1. The number of benzene rings is 1. The number of ketones is 1. The van der Waals surface area contributed by atoms with Crippen molar-refractivity contribution in [2.24, 2.45) is 0 Å². The molecule has 0 fully saturated rings. The molecule has 0 bridgehead atoms. The van der Waals surface area contributed by atoms with Crippen LogP contribution in [0.25, 0.3) is 0 Å². The molecule has 17 heavy (non-hydrogen) atoms. The van der Waals surface area contributed by atoms with Crippen LogP contribution in [-0.2, 0) is 14.6 Å². The van der Waals surface area contributed by atoms with Crippen molar-refractivity contribution in [3.05, 3.63) is 42.0 Å². The van der Waals surface area contributed by atoms with Gasteiger partial charge in [-0.1, -0.05) is 24.3 Å². The topological polar surface area (TPSA) is 51.2 Å². The lowest BCUT2D eigenvalue weighted by molar-refractivity contribution is -0.115. The zero-order valence-corrected chi connectivity index (χ0v) is 10.2. The van der Waals surface area contributed by atoms with Crippen LogP contribution >= 0.6 is 0 Å². The molecule has 0 saturated heterocycles. The molecule has 0 aliphatic heterocycles. The average Bonchev–Trinajstić information content (AvgIpc) is 2.33. The van der Waals surface area contributed by atoms with Crippen LogP contribution in [0.15, 0.2) is 46.9 Å². The Bertz CT molecular complexity index is 541. The van der Waals surface area contributed by atoms with Gasteiger partial charge in [-0.2, -0.15) is 0 Å². The summed E-state index contributed by atoms with van der Waals surface area (Å²) in [6.45, 7) is 0. The van der Waals surface area contributed by atoms with Gasteiger partial charge in [0.1, 0.15) is 0 Å². The highest BCUT2D eigenvalue weighted by Crippen LogP contribution is 2.19. The fraction of sp³-hybridized carbons (Fsp3) is 0.308. The number of hydrogen-bond acceptors (Lipinski definition) is 3. The van der Waals surface area contributed by atoms with E-state index in [0.29, 0.717) is 12.0 Å². The highest BCUT2D eigenvalue weighted by atomic mass is 32.2. The van der Waals surface area contributed by atoms with Crippen LogP contribution in [0, 0.1) is 0 Å². The van der Waals surface area contributed by atoms with Gasteiger partial charge >= 0.3 is 0 Å². The number of rotatable bonds is 3. The fourth-order valence-electron chi connectivity index (χ4n) is 1.87. The van der Waals surface area contributed by atoms with Crippen molar-refractivity contribution < 1.29 is 13.2 Å². The van der Waals surface area contributed by atoms with E-state index in [1.165, 1.54) is 0 Å². The Labute approximate surface area is 101 Å². The van der Waals surface area contributed by atoms with Crippen LogP contribution in [0.1, 0.15) is 19.3 Å². The Morgan fingerprint density at radius 1 is 1.12 bits per heavy atom. The van der Waals surface area contributed by atoms with Crippen molar-refractivity contribution in [2.45, 2.75) is 24.2 Å². The molecule has 0 aromatic heterocycles. The summed E-state index contributed by atoms with van der Waals surface area (Å²) in [4.78, 5) is 11.8. The first-order chi connectivity index (χ1) is 8.09. The minimum Gasteiger partial charge on any atom is -0.295 e. The van der Waals surface area contributed by atoms with Gasteiger partial charge in [-0.3, -0.25) is 4.79 Å². The van der Waals surface area contributed by atoms with Gasteiger partial charge in [0.2, 0.25) is 0 Å². The summed E-state index contributed by atoms with van der Waals surface area (Å²) in [5.74, 6) is -0.202. The van der Waals surface area contributed by atoms with E-state index in [0.717, 1.165) is 12.8 Å². The second-order valence-electron chi connectivity index (χ2n) is 4.12. The van der Waals surface area contributed by atoms with Gasteiger partial charge < -0.3 is 0 Å². The van der Waals surface area contributed by atoms with E-state index in [9.17, 15) is 13.2 Å². The number of sulfone groups is 1. The molecular formula is C13H14O3S. The zero-order valence-electron chi connectivity index (χ0n) is 9.43. The van der Waals surface area contributed by atoms with Gasteiger partial charge in [-0.25, -0.2) is 8.42 Å².